The third-order valence-corrected chi connectivity index (χ3v) is 4.91. The van der Waals surface area contributed by atoms with Crippen LogP contribution in [0.15, 0.2) is 54.6 Å². The predicted molar refractivity (Wildman–Crippen MR) is 107 cm³/mol. The van der Waals surface area contributed by atoms with Crippen molar-refractivity contribution in [3.8, 4) is 0 Å². The van der Waals surface area contributed by atoms with Crippen LogP contribution in [-0.4, -0.2) is 54.3 Å². The Hall–Kier alpha value is -2.66. The zero-order valence-electron chi connectivity index (χ0n) is 15.9. The van der Waals surface area contributed by atoms with Crippen LogP contribution in [0.2, 0.25) is 0 Å². The summed E-state index contributed by atoms with van der Waals surface area (Å²) >= 11 is 0. The lowest BCUT2D eigenvalue weighted by atomic mass is 10.1. The van der Waals surface area contributed by atoms with E-state index in [1.54, 1.807) is 0 Å². The number of carbonyl (C=O) groups excluding carboxylic acids is 2. The van der Waals surface area contributed by atoms with Crippen LogP contribution in [-0.2, 0) is 6.54 Å². The molecule has 0 unspecified atom stereocenters. The summed E-state index contributed by atoms with van der Waals surface area (Å²) in [6, 6.07) is 17.8. The van der Waals surface area contributed by atoms with Gasteiger partial charge in [-0.1, -0.05) is 60.2 Å². The zero-order valence-corrected chi connectivity index (χ0v) is 15.9. The second-order valence-electron chi connectivity index (χ2n) is 7.02. The van der Waals surface area contributed by atoms with Crippen LogP contribution in [0.4, 0.5) is 4.79 Å². The molecule has 2 aromatic carbocycles. The van der Waals surface area contributed by atoms with E-state index >= 15 is 0 Å². The van der Waals surface area contributed by atoms with Crippen LogP contribution in [0.1, 0.15) is 27.9 Å². The van der Waals surface area contributed by atoms with E-state index in [9.17, 15) is 9.59 Å². The number of urea groups is 1. The maximum absolute atomic E-state index is 12.3. The Kier molecular flexibility index (Phi) is 6.60. The second kappa shape index (κ2) is 9.33. The summed E-state index contributed by atoms with van der Waals surface area (Å²) in [5.74, 6) is 0.0583. The first-order valence-electron chi connectivity index (χ1n) is 9.51. The van der Waals surface area contributed by atoms with Crippen molar-refractivity contribution in [3.63, 3.8) is 0 Å². The fourth-order valence-electron chi connectivity index (χ4n) is 3.23. The molecule has 0 aromatic heterocycles. The number of benzene rings is 2. The predicted octanol–water partition coefficient (Wildman–Crippen LogP) is 3.10. The molecule has 2 aromatic rings. The second-order valence-corrected chi connectivity index (χ2v) is 7.02. The average molecular weight is 365 g/mol. The Morgan fingerprint density at radius 3 is 2.26 bits per heavy atom. The van der Waals surface area contributed by atoms with Gasteiger partial charge in [-0.05, 0) is 12.5 Å². The van der Waals surface area contributed by atoms with Crippen LogP contribution in [0.5, 0.6) is 0 Å². The smallest absolute Gasteiger partial charge is 0.317 e. The molecule has 0 bridgehead atoms. The Balaban J connectivity index is 1.37. The number of amides is 2. The molecule has 1 aliphatic heterocycles. The van der Waals surface area contributed by atoms with E-state index in [2.05, 4.69) is 34.5 Å². The lowest BCUT2D eigenvalue weighted by molar-refractivity contribution is 0.0981. The van der Waals surface area contributed by atoms with E-state index in [0.29, 0.717) is 31.6 Å². The maximum atomic E-state index is 12.3. The summed E-state index contributed by atoms with van der Waals surface area (Å²) in [6.07, 6.45) is 0.322. The zero-order chi connectivity index (χ0) is 19.1. The van der Waals surface area contributed by atoms with Crippen LogP contribution < -0.4 is 5.32 Å². The summed E-state index contributed by atoms with van der Waals surface area (Å²) in [4.78, 5) is 28.7. The summed E-state index contributed by atoms with van der Waals surface area (Å²) in [6.45, 7) is 6.44. The largest absolute Gasteiger partial charge is 0.338 e. The number of nitrogens with one attached hydrogen (secondary N) is 1. The van der Waals surface area contributed by atoms with Gasteiger partial charge in [-0.3, -0.25) is 9.69 Å². The number of rotatable bonds is 6. The fourth-order valence-corrected chi connectivity index (χ4v) is 3.23. The van der Waals surface area contributed by atoms with Gasteiger partial charge in [-0.25, -0.2) is 4.79 Å². The van der Waals surface area contributed by atoms with E-state index in [1.165, 1.54) is 5.56 Å². The normalized spacial score (nSPS) is 14.8. The molecule has 3 rings (SSSR count). The van der Waals surface area contributed by atoms with Crippen LogP contribution in [0.3, 0.4) is 0 Å². The number of hydrogen-bond donors (Lipinski definition) is 1. The van der Waals surface area contributed by atoms with Gasteiger partial charge >= 0.3 is 6.03 Å². The molecular weight excluding hydrogens is 338 g/mol. The summed E-state index contributed by atoms with van der Waals surface area (Å²) in [7, 11) is 0. The third kappa shape index (κ3) is 5.66. The molecule has 0 spiro atoms. The number of aryl methyl sites for hydroxylation is 1. The Morgan fingerprint density at radius 2 is 1.59 bits per heavy atom. The van der Waals surface area contributed by atoms with Crippen molar-refractivity contribution < 1.29 is 9.59 Å². The highest BCUT2D eigenvalue weighted by Crippen LogP contribution is 2.09. The minimum atomic E-state index is -0.0777. The number of Topliss-reactive ketones (excluding diaryl/α,β-unsaturated/α-hetero) is 1. The maximum Gasteiger partial charge on any atom is 0.317 e. The molecule has 1 fully saturated rings. The monoisotopic (exact) mass is 365 g/mol. The molecule has 1 aliphatic rings. The number of nitrogens with zero attached hydrogens (tertiary/aromatic N) is 2. The molecule has 0 aliphatic carbocycles. The van der Waals surface area contributed by atoms with Crippen molar-refractivity contribution >= 4 is 11.8 Å². The van der Waals surface area contributed by atoms with Crippen molar-refractivity contribution in [2.75, 3.05) is 32.7 Å². The lowest BCUT2D eigenvalue weighted by Gasteiger charge is -2.34. The van der Waals surface area contributed by atoms with Gasteiger partial charge in [-0.2, -0.15) is 0 Å². The van der Waals surface area contributed by atoms with Gasteiger partial charge in [0.05, 0.1) is 0 Å². The summed E-state index contributed by atoms with van der Waals surface area (Å²) < 4.78 is 0. The third-order valence-electron chi connectivity index (χ3n) is 4.91. The van der Waals surface area contributed by atoms with Crippen LogP contribution >= 0.6 is 0 Å². The molecule has 0 radical (unpaired) electrons. The summed E-state index contributed by atoms with van der Waals surface area (Å²) in [5, 5.41) is 2.88. The van der Waals surface area contributed by atoms with Crippen LogP contribution in [0.25, 0.3) is 0 Å². The Labute approximate surface area is 161 Å². The molecule has 27 heavy (non-hydrogen) atoms. The Bertz CT molecular complexity index is 751. The first-order chi connectivity index (χ1) is 13.1. The first-order valence-corrected chi connectivity index (χ1v) is 9.51. The number of hydrogen-bond acceptors (Lipinski definition) is 3. The molecule has 2 amide bonds. The number of ketones is 1. The van der Waals surface area contributed by atoms with Gasteiger partial charge in [0, 0.05) is 51.3 Å². The van der Waals surface area contributed by atoms with Gasteiger partial charge in [0.2, 0.25) is 0 Å². The molecule has 1 N–H and O–H groups in total. The minimum Gasteiger partial charge on any atom is -0.338 e. The first kappa shape index (κ1) is 19.1. The average Bonchev–Trinajstić information content (AvgIpc) is 2.69. The minimum absolute atomic E-state index is 0.0583. The van der Waals surface area contributed by atoms with E-state index < -0.39 is 0 Å². The molecule has 0 atom stereocenters. The van der Waals surface area contributed by atoms with Crippen molar-refractivity contribution in [2.45, 2.75) is 19.9 Å². The highest BCUT2D eigenvalue weighted by Gasteiger charge is 2.21. The van der Waals surface area contributed by atoms with E-state index in [1.807, 2.05) is 42.2 Å². The van der Waals surface area contributed by atoms with Crippen molar-refractivity contribution in [1.29, 1.82) is 0 Å². The van der Waals surface area contributed by atoms with E-state index in [4.69, 9.17) is 0 Å². The van der Waals surface area contributed by atoms with E-state index in [-0.39, 0.29) is 11.8 Å². The highest BCUT2D eigenvalue weighted by molar-refractivity contribution is 5.96. The topological polar surface area (TPSA) is 52.7 Å². The molecular formula is C22H27N3O2. The standard InChI is InChI=1S/C22H27N3O2/c1-18-7-9-20(10-8-18)21(26)11-12-23-22(27)25-15-13-24(14-16-25)17-19-5-3-2-4-6-19/h2-10H,11-17H2,1H3,(H,23,27). The molecule has 1 heterocycles. The molecule has 0 saturated carbocycles. The van der Waals surface area contributed by atoms with Gasteiger partial charge in [0.1, 0.15) is 0 Å². The SMILES string of the molecule is Cc1ccc(C(=O)CCNC(=O)N2CCN(Cc3ccccc3)CC2)cc1. The van der Waals surface area contributed by atoms with Gasteiger partial charge in [0.25, 0.3) is 0 Å². The fraction of sp³-hybridized carbons (Fsp3) is 0.364. The summed E-state index contributed by atoms with van der Waals surface area (Å²) in [5.41, 5.74) is 3.13. The Morgan fingerprint density at radius 1 is 0.926 bits per heavy atom. The molecule has 142 valence electrons. The van der Waals surface area contributed by atoms with Crippen LogP contribution in [0, 0.1) is 6.92 Å². The van der Waals surface area contributed by atoms with E-state index in [0.717, 1.165) is 25.2 Å². The number of piperazine rings is 1. The quantitative estimate of drug-likeness (QED) is 0.801. The lowest BCUT2D eigenvalue weighted by Crippen LogP contribution is -2.51. The van der Waals surface area contributed by atoms with Crippen molar-refractivity contribution in [3.05, 3.63) is 71.3 Å². The van der Waals surface area contributed by atoms with Gasteiger partial charge in [-0.15, -0.1) is 0 Å². The molecule has 1 saturated heterocycles. The molecule has 5 heteroatoms. The van der Waals surface area contributed by atoms with Gasteiger partial charge < -0.3 is 10.2 Å². The molecule has 5 nitrogen and oxygen atoms in total. The van der Waals surface area contributed by atoms with Gasteiger partial charge in [0.15, 0.2) is 5.78 Å². The number of carbonyl (C=O) groups is 2. The van der Waals surface area contributed by atoms with Crippen molar-refractivity contribution in [1.82, 2.24) is 15.1 Å². The highest BCUT2D eigenvalue weighted by atomic mass is 16.2. The van der Waals surface area contributed by atoms with Crippen molar-refractivity contribution in [2.24, 2.45) is 0 Å².